The number of carbonyl (C=O) groups is 1. The van der Waals surface area contributed by atoms with Gasteiger partial charge < -0.3 is 98.9 Å². The first-order valence-corrected chi connectivity index (χ1v) is 18.4. The lowest BCUT2D eigenvalue weighted by atomic mass is 9.97. The van der Waals surface area contributed by atoms with Crippen LogP contribution in [0.3, 0.4) is 0 Å². The molecular formula is C37H46O22. The van der Waals surface area contributed by atoms with Gasteiger partial charge in [-0.1, -0.05) is 0 Å². The van der Waals surface area contributed by atoms with E-state index in [-0.39, 0.29) is 28.4 Å². The Kier molecular flexibility index (Phi) is 13.6. The molecule has 326 valence electrons. The van der Waals surface area contributed by atoms with E-state index in [2.05, 4.69) is 0 Å². The first-order chi connectivity index (χ1) is 27.9. The van der Waals surface area contributed by atoms with Crippen molar-refractivity contribution in [2.75, 3.05) is 19.8 Å². The number of esters is 1. The average molecular weight is 843 g/mol. The van der Waals surface area contributed by atoms with Crippen LogP contribution in [0.4, 0.5) is 0 Å². The number of fused-ring (bicyclic) bond motifs is 1. The molecular weight excluding hydrogens is 796 g/mol. The maximum absolute atomic E-state index is 14.1. The molecule has 0 saturated carbocycles. The Balaban J connectivity index is 1.25. The third-order valence-corrected chi connectivity index (χ3v) is 10.2. The molecule has 3 aliphatic rings. The van der Waals surface area contributed by atoms with Crippen molar-refractivity contribution in [1.29, 1.82) is 0 Å². The van der Waals surface area contributed by atoms with Gasteiger partial charge in [0.25, 0.3) is 0 Å². The van der Waals surface area contributed by atoms with Crippen LogP contribution in [-0.2, 0) is 28.5 Å². The highest BCUT2D eigenvalue weighted by atomic mass is 16.7. The quantitative estimate of drug-likeness (QED) is 0.0780. The van der Waals surface area contributed by atoms with E-state index in [9.17, 15) is 70.9 Å². The molecule has 4 heterocycles. The van der Waals surface area contributed by atoms with Crippen LogP contribution >= 0.6 is 0 Å². The number of aliphatic hydroxyl groups excluding tert-OH is 10. The minimum atomic E-state index is -2.02. The van der Waals surface area contributed by atoms with Crippen LogP contribution in [0.15, 0.2) is 45.6 Å². The number of rotatable bonds is 12. The Labute approximate surface area is 333 Å². The first-order valence-electron chi connectivity index (χ1n) is 18.4. The lowest BCUT2D eigenvalue weighted by molar-refractivity contribution is -0.349. The van der Waals surface area contributed by atoms with Gasteiger partial charge in [-0.15, -0.1) is 0 Å². The second-order valence-electron chi connectivity index (χ2n) is 14.4. The summed E-state index contributed by atoms with van der Waals surface area (Å²) in [6, 6.07) is 7.23. The van der Waals surface area contributed by atoms with E-state index in [1.165, 1.54) is 38.1 Å². The predicted molar refractivity (Wildman–Crippen MR) is 191 cm³/mol. The smallest absolute Gasteiger partial charge is 0.311 e. The molecule has 3 fully saturated rings. The van der Waals surface area contributed by atoms with Crippen LogP contribution in [-0.4, -0.2) is 179 Å². The molecule has 12 N–H and O–H groups in total. The van der Waals surface area contributed by atoms with Crippen molar-refractivity contribution in [3.63, 3.8) is 0 Å². The molecule has 3 aliphatic heterocycles. The summed E-state index contributed by atoms with van der Waals surface area (Å²) in [6.45, 7) is 0.854. The van der Waals surface area contributed by atoms with Crippen LogP contribution in [0.25, 0.3) is 22.3 Å². The van der Waals surface area contributed by atoms with Crippen molar-refractivity contribution < 1.29 is 104 Å². The molecule has 1 aromatic heterocycles. The number of benzene rings is 2. The number of phenols is 2. The minimum Gasteiger partial charge on any atom is -0.508 e. The average Bonchev–Trinajstić information content (AvgIpc) is 3.21. The molecule has 16 atom stereocenters. The summed E-state index contributed by atoms with van der Waals surface area (Å²) in [5, 5.41) is 124. The maximum atomic E-state index is 14.1. The summed E-state index contributed by atoms with van der Waals surface area (Å²) in [5.74, 6) is -3.92. The van der Waals surface area contributed by atoms with Crippen molar-refractivity contribution in [3.8, 4) is 34.3 Å². The van der Waals surface area contributed by atoms with E-state index in [0.717, 1.165) is 12.1 Å². The fourth-order valence-corrected chi connectivity index (χ4v) is 6.64. The Hall–Kier alpha value is -4.24. The fraction of sp³-hybridized carbons (Fsp3) is 0.568. The summed E-state index contributed by atoms with van der Waals surface area (Å²) >= 11 is 0. The molecule has 3 aromatic rings. The molecule has 22 heteroatoms. The molecule has 3 saturated heterocycles. The third-order valence-electron chi connectivity index (χ3n) is 10.2. The predicted octanol–water partition coefficient (Wildman–Crippen LogP) is -3.74. The standard InChI is InChI=1S/C37H46O22/c1-12(9-38)34(51)52-11-20-23(43)26(46)29(49)37(57-20)58-31-13(2)53-35(30(50)27(31)47)59-33-24(44)21-17(41)7-16(54-36-28(48)25(45)22(42)19(10-39)56-36)8-18(21)55-32(33)14-3-5-15(40)6-4-14/h3-8,12-13,19-20,22-23,25-31,35-43,45-50H,9-11H2,1-2H3. The zero-order valence-corrected chi connectivity index (χ0v) is 31.3. The number of ether oxygens (including phenoxy) is 7. The normalized spacial score (nSPS) is 35.6. The molecule has 59 heavy (non-hydrogen) atoms. The van der Waals surface area contributed by atoms with Crippen molar-refractivity contribution in [1.82, 2.24) is 0 Å². The van der Waals surface area contributed by atoms with Gasteiger partial charge in [-0.05, 0) is 38.1 Å². The van der Waals surface area contributed by atoms with Crippen molar-refractivity contribution >= 4 is 16.9 Å². The highest BCUT2D eigenvalue weighted by molar-refractivity contribution is 5.88. The van der Waals surface area contributed by atoms with Crippen LogP contribution in [0.5, 0.6) is 23.0 Å². The van der Waals surface area contributed by atoms with Gasteiger partial charge in [0.15, 0.2) is 12.1 Å². The monoisotopic (exact) mass is 842 g/mol. The molecule has 0 amide bonds. The van der Waals surface area contributed by atoms with Gasteiger partial charge in [-0.3, -0.25) is 9.59 Å². The van der Waals surface area contributed by atoms with Gasteiger partial charge in [-0.25, -0.2) is 0 Å². The molecule has 0 aliphatic carbocycles. The summed E-state index contributed by atoms with van der Waals surface area (Å²) in [6.07, 6.45) is -25.6. The van der Waals surface area contributed by atoms with E-state index < -0.39 is 146 Å². The van der Waals surface area contributed by atoms with Crippen LogP contribution < -0.4 is 14.9 Å². The van der Waals surface area contributed by atoms with Gasteiger partial charge >= 0.3 is 5.97 Å². The minimum absolute atomic E-state index is 0.117. The van der Waals surface area contributed by atoms with Crippen LogP contribution in [0.2, 0.25) is 0 Å². The second kappa shape index (κ2) is 18.2. The SMILES string of the molecule is CC(CO)C(=O)OCC1OC(OC2C(C)OC(Oc3c(-c4ccc(O)cc4)oc4cc(OC5OC(CO)C(O)C(O)C5O)cc(O)c4c3=O)C(O)C2O)C(O)C(O)C1O. The lowest BCUT2D eigenvalue weighted by Gasteiger charge is -2.45. The topological polar surface area (TPSA) is 355 Å². The van der Waals surface area contributed by atoms with Crippen molar-refractivity contribution in [2.45, 2.75) is 106 Å². The largest absolute Gasteiger partial charge is 0.508 e. The van der Waals surface area contributed by atoms with Gasteiger partial charge in [0.2, 0.25) is 23.8 Å². The molecule has 0 spiro atoms. The second-order valence-corrected chi connectivity index (χ2v) is 14.4. The number of aliphatic hydroxyl groups is 10. The highest BCUT2D eigenvalue weighted by Gasteiger charge is 2.51. The Morgan fingerprint density at radius 3 is 1.98 bits per heavy atom. The maximum Gasteiger partial charge on any atom is 0.311 e. The highest BCUT2D eigenvalue weighted by Crippen LogP contribution is 2.39. The summed E-state index contributed by atoms with van der Waals surface area (Å²) in [5.41, 5.74) is -1.24. The van der Waals surface area contributed by atoms with Crippen LogP contribution in [0, 0.1) is 5.92 Å². The molecule has 2 aromatic carbocycles. The van der Waals surface area contributed by atoms with Crippen molar-refractivity contribution in [3.05, 3.63) is 46.6 Å². The lowest BCUT2D eigenvalue weighted by Crippen LogP contribution is -2.64. The van der Waals surface area contributed by atoms with E-state index in [1.807, 2.05) is 0 Å². The summed E-state index contributed by atoms with van der Waals surface area (Å²) in [4.78, 5) is 26.2. The summed E-state index contributed by atoms with van der Waals surface area (Å²) < 4.78 is 45.0. The fourth-order valence-electron chi connectivity index (χ4n) is 6.64. The number of carbonyl (C=O) groups excluding carboxylic acids is 1. The first kappa shape index (κ1) is 44.3. The van der Waals surface area contributed by atoms with E-state index in [1.54, 1.807) is 0 Å². The Morgan fingerprint density at radius 1 is 0.746 bits per heavy atom. The van der Waals surface area contributed by atoms with Gasteiger partial charge in [0.1, 0.15) is 102 Å². The van der Waals surface area contributed by atoms with E-state index >= 15 is 0 Å². The zero-order valence-electron chi connectivity index (χ0n) is 31.3. The van der Waals surface area contributed by atoms with Gasteiger partial charge in [0.05, 0.1) is 25.2 Å². The number of hydrogen-bond donors (Lipinski definition) is 12. The number of hydrogen-bond acceptors (Lipinski definition) is 22. The molecule has 0 radical (unpaired) electrons. The summed E-state index contributed by atoms with van der Waals surface area (Å²) in [7, 11) is 0. The molecule has 0 bridgehead atoms. The van der Waals surface area contributed by atoms with E-state index in [0.29, 0.717) is 0 Å². The molecule has 22 nitrogen and oxygen atoms in total. The number of phenolic OH excluding ortho intramolecular Hbond substituents is 2. The number of aromatic hydroxyl groups is 2. The molecule has 16 unspecified atom stereocenters. The molecule has 6 rings (SSSR count). The third kappa shape index (κ3) is 8.96. The Morgan fingerprint density at radius 2 is 1.34 bits per heavy atom. The van der Waals surface area contributed by atoms with E-state index in [4.69, 9.17) is 37.6 Å². The zero-order chi connectivity index (χ0) is 43.0. The van der Waals surface area contributed by atoms with Gasteiger partial charge in [-0.2, -0.15) is 0 Å². The van der Waals surface area contributed by atoms with Crippen molar-refractivity contribution in [2.24, 2.45) is 5.92 Å². The van der Waals surface area contributed by atoms with Gasteiger partial charge in [0, 0.05) is 17.7 Å². The van der Waals surface area contributed by atoms with Crippen LogP contribution in [0.1, 0.15) is 13.8 Å². The Bertz CT molecular complexity index is 1970.